The van der Waals surface area contributed by atoms with Crippen molar-refractivity contribution in [3.05, 3.63) is 59.7 Å². The fourth-order valence-corrected chi connectivity index (χ4v) is 3.08. The van der Waals surface area contributed by atoms with E-state index in [9.17, 15) is 9.59 Å². The second-order valence-corrected chi connectivity index (χ2v) is 6.19. The molecule has 0 aromatic heterocycles. The molecule has 0 unspecified atom stereocenters. The van der Waals surface area contributed by atoms with Crippen LogP contribution in [0.4, 0.5) is 0 Å². The lowest BCUT2D eigenvalue weighted by Crippen LogP contribution is -2.17. The van der Waals surface area contributed by atoms with E-state index in [-0.39, 0.29) is 18.9 Å². The highest BCUT2D eigenvalue weighted by Crippen LogP contribution is 2.44. The first-order valence-corrected chi connectivity index (χ1v) is 7.99. The summed E-state index contributed by atoms with van der Waals surface area (Å²) < 4.78 is 5.41. The topological polar surface area (TPSA) is 43.4 Å². The molecular weight excluding hydrogens is 312 g/mol. The molecular formula is C19H17ClO3. The van der Waals surface area contributed by atoms with Crippen LogP contribution in [0, 0.1) is 5.92 Å². The number of benzene rings is 2. The maximum absolute atomic E-state index is 11.9. The quantitative estimate of drug-likeness (QED) is 0.612. The average Bonchev–Trinajstić information content (AvgIpc) is 2.87. The SMILES string of the molecule is C[C@H](CC(=O)OCC1c2ccccc2-c2ccccc21)C(=O)Cl. The number of hydrogen-bond donors (Lipinski definition) is 0. The molecule has 0 aliphatic heterocycles. The summed E-state index contributed by atoms with van der Waals surface area (Å²) in [7, 11) is 0. The van der Waals surface area contributed by atoms with Crippen molar-refractivity contribution in [3.63, 3.8) is 0 Å². The fourth-order valence-electron chi connectivity index (χ4n) is 3.00. The number of esters is 1. The van der Waals surface area contributed by atoms with Crippen LogP contribution in [-0.4, -0.2) is 17.8 Å². The van der Waals surface area contributed by atoms with Crippen LogP contribution >= 0.6 is 11.6 Å². The Morgan fingerprint density at radius 2 is 1.57 bits per heavy atom. The van der Waals surface area contributed by atoms with Gasteiger partial charge in [-0.15, -0.1) is 0 Å². The van der Waals surface area contributed by atoms with Gasteiger partial charge >= 0.3 is 5.97 Å². The molecule has 0 amide bonds. The highest BCUT2D eigenvalue weighted by atomic mass is 35.5. The minimum Gasteiger partial charge on any atom is -0.465 e. The Kier molecular flexibility index (Phi) is 4.49. The number of halogens is 1. The summed E-state index contributed by atoms with van der Waals surface area (Å²) in [5.41, 5.74) is 4.72. The van der Waals surface area contributed by atoms with Gasteiger partial charge in [-0.3, -0.25) is 9.59 Å². The monoisotopic (exact) mass is 328 g/mol. The molecule has 0 saturated carbocycles. The van der Waals surface area contributed by atoms with Gasteiger partial charge in [-0.2, -0.15) is 0 Å². The van der Waals surface area contributed by atoms with Gasteiger partial charge in [0.1, 0.15) is 6.61 Å². The Balaban J connectivity index is 1.76. The van der Waals surface area contributed by atoms with E-state index in [1.54, 1.807) is 6.92 Å². The number of hydrogen-bond acceptors (Lipinski definition) is 3. The molecule has 0 bridgehead atoms. The van der Waals surface area contributed by atoms with Crippen molar-refractivity contribution in [2.75, 3.05) is 6.61 Å². The Morgan fingerprint density at radius 1 is 1.04 bits per heavy atom. The summed E-state index contributed by atoms with van der Waals surface area (Å²) in [6.45, 7) is 1.90. The van der Waals surface area contributed by atoms with Gasteiger partial charge in [0.2, 0.25) is 5.24 Å². The molecule has 2 aromatic carbocycles. The van der Waals surface area contributed by atoms with Crippen molar-refractivity contribution in [2.24, 2.45) is 5.92 Å². The molecule has 23 heavy (non-hydrogen) atoms. The molecule has 0 radical (unpaired) electrons. The first-order chi connectivity index (χ1) is 11.1. The second-order valence-electron chi connectivity index (χ2n) is 5.82. The van der Waals surface area contributed by atoms with Crippen molar-refractivity contribution in [2.45, 2.75) is 19.3 Å². The van der Waals surface area contributed by atoms with Crippen molar-refractivity contribution in [3.8, 4) is 11.1 Å². The van der Waals surface area contributed by atoms with Crippen LogP contribution in [0.1, 0.15) is 30.4 Å². The van der Waals surface area contributed by atoms with Gasteiger partial charge in [0, 0.05) is 11.8 Å². The van der Waals surface area contributed by atoms with Crippen LogP contribution in [0.2, 0.25) is 0 Å². The standard InChI is InChI=1S/C19H17ClO3/c1-12(19(20)22)10-18(21)23-11-17-15-8-4-2-6-13(15)14-7-3-5-9-16(14)17/h2-9,12,17H,10-11H2,1H3/t12-/m1/s1. The Hall–Kier alpha value is -2.13. The molecule has 0 N–H and O–H groups in total. The van der Waals surface area contributed by atoms with Gasteiger partial charge in [-0.25, -0.2) is 0 Å². The first-order valence-electron chi connectivity index (χ1n) is 7.61. The van der Waals surface area contributed by atoms with Crippen LogP contribution in [0.3, 0.4) is 0 Å². The number of rotatable bonds is 5. The highest BCUT2D eigenvalue weighted by molar-refractivity contribution is 6.64. The first kappa shape index (κ1) is 15.8. The normalized spacial score (nSPS) is 14.0. The van der Waals surface area contributed by atoms with E-state index < -0.39 is 17.1 Å². The summed E-state index contributed by atoms with van der Waals surface area (Å²) in [6.07, 6.45) is 0.0122. The third-order valence-corrected chi connectivity index (χ3v) is 4.61. The highest BCUT2D eigenvalue weighted by Gasteiger charge is 2.29. The lowest BCUT2D eigenvalue weighted by Gasteiger charge is -2.14. The molecule has 2 aromatic rings. The van der Waals surface area contributed by atoms with E-state index in [0.29, 0.717) is 0 Å². The van der Waals surface area contributed by atoms with Gasteiger partial charge in [0.25, 0.3) is 0 Å². The zero-order chi connectivity index (χ0) is 16.4. The Bertz CT molecular complexity index is 708. The molecule has 4 heteroatoms. The molecule has 0 fully saturated rings. The smallest absolute Gasteiger partial charge is 0.306 e. The van der Waals surface area contributed by atoms with E-state index in [0.717, 1.165) is 0 Å². The van der Waals surface area contributed by atoms with Crippen LogP contribution in [-0.2, 0) is 14.3 Å². The molecule has 3 rings (SSSR count). The third-order valence-electron chi connectivity index (χ3n) is 4.23. The molecule has 1 aliphatic rings. The maximum atomic E-state index is 11.9. The number of fused-ring (bicyclic) bond motifs is 3. The Morgan fingerprint density at radius 3 is 2.09 bits per heavy atom. The lowest BCUT2D eigenvalue weighted by atomic mass is 9.98. The number of carbonyl (C=O) groups excluding carboxylic acids is 2. The van der Waals surface area contributed by atoms with Gasteiger partial charge in [-0.1, -0.05) is 55.5 Å². The van der Waals surface area contributed by atoms with E-state index in [1.165, 1.54) is 22.3 Å². The average molecular weight is 329 g/mol. The van der Waals surface area contributed by atoms with Crippen molar-refractivity contribution >= 4 is 22.8 Å². The maximum Gasteiger partial charge on any atom is 0.306 e. The van der Waals surface area contributed by atoms with E-state index >= 15 is 0 Å². The van der Waals surface area contributed by atoms with Crippen LogP contribution in [0.5, 0.6) is 0 Å². The van der Waals surface area contributed by atoms with Crippen LogP contribution < -0.4 is 0 Å². The predicted octanol–water partition coefficient (Wildman–Crippen LogP) is 4.13. The molecule has 0 saturated heterocycles. The third kappa shape index (κ3) is 3.15. The summed E-state index contributed by atoms with van der Waals surface area (Å²) in [5.74, 6) is -0.881. The Labute approximate surface area is 140 Å². The van der Waals surface area contributed by atoms with Crippen LogP contribution in [0.15, 0.2) is 48.5 Å². The molecule has 3 nitrogen and oxygen atoms in total. The molecule has 1 atom stereocenters. The molecule has 0 heterocycles. The van der Waals surface area contributed by atoms with Crippen LogP contribution in [0.25, 0.3) is 11.1 Å². The van der Waals surface area contributed by atoms with Crippen molar-refractivity contribution in [1.29, 1.82) is 0 Å². The predicted molar refractivity (Wildman–Crippen MR) is 89.3 cm³/mol. The van der Waals surface area contributed by atoms with E-state index in [2.05, 4.69) is 24.3 Å². The van der Waals surface area contributed by atoms with Gasteiger partial charge < -0.3 is 4.74 Å². The zero-order valence-electron chi connectivity index (χ0n) is 12.8. The van der Waals surface area contributed by atoms with Gasteiger partial charge in [0.15, 0.2) is 0 Å². The second kappa shape index (κ2) is 6.55. The van der Waals surface area contributed by atoms with Crippen molar-refractivity contribution in [1.82, 2.24) is 0 Å². The number of ether oxygens (including phenoxy) is 1. The lowest BCUT2D eigenvalue weighted by molar-refractivity contribution is -0.145. The summed E-state index contributed by atoms with van der Waals surface area (Å²) in [5, 5.41) is -0.515. The molecule has 0 spiro atoms. The van der Waals surface area contributed by atoms with E-state index in [1.807, 2.05) is 24.3 Å². The van der Waals surface area contributed by atoms with E-state index in [4.69, 9.17) is 16.3 Å². The molecule has 118 valence electrons. The van der Waals surface area contributed by atoms with Gasteiger partial charge in [-0.05, 0) is 33.9 Å². The minimum absolute atomic E-state index is 0.0122. The largest absolute Gasteiger partial charge is 0.465 e. The zero-order valence-corrected chi connectivity index (χ0v) is 13.5. The summed E-state index contributed by atoms with van der Waals surface area (Å²) in [6, 6.07) is 16.3. The fraction of sp³-hybridized carbons (Fsp3) is 0.263. The minimum atomic E-state index is -0.521. The summed E-state index contributed by atoms with van der Waals surface area (Å²) >= 11 is 5.39. The van der Waals surface area contributed by atoms with Crippen molar-refractivity contribution < 1.29 is 14.3 Å². The van der Waals surface area contributed by atoms with Gasteiger partial charge in [0.05, 0.1) is 6.42 Å². The molecule has 1 aliphatic carbocycles. The number of carbonyl (C=O) groups is 2. The summed E-state index contributed by atoms with van der Waals surface area (Å²) in [4.78, 5) is 22.9.